The first-order valence-electron chi connectivity index (χ1n) is 12.8. The van der Waals surface area contributed by atoms with Gasteiger partial charge in [-0.2, -0.15) is 13.2 Å². The lowest BCUT2D eigenvalue weighted by molar-refractivity contribution is -0.202. The molecule has 1 aliphatic heterocycles. The van der Waals surface area contributed by atoms with Gasteiger partial charge in [-0.25, -0.2) is 9.97 Å². The van der Waals surface area contributed by atoms with Gasteiger partial charge in [0, 0.05) is 50.1 Å². The topological polar surface area (TPSA) is 91.3 Å². The zero-order chi connectivity index (χ0) is 25.5. The van der Waals surface area contributed by atoms with E-state index in [2.05, 4.69) is 20.9 Å². The first kappa shape index (κ1) is 26.6. The first-order chi connectivity index (χ1) is 17.3. The lowest BCUT2D eigenvalue weighted by atomic mass is 9.91. The lowest BCUT2D eigenvalue weighted by Crippen LogP contribution is -2.44. The van der Waals surface area contributed by atoms with Crippen molar-refractivity contribution >= 4 is 11.6 Å². The van der Waals surface area contributed by atoms with Crippen molar-refractivity contribution in [2.75, 3.05) is 36.9 Å². The van der Waals surface area contributed by atoms with Crippen LogP contribution in [-0.4, -0.2) is 65.7 Å². The third-order valence-corrected chi connectivity index (χ3v) is 7.10. The van der Waals surface area contributed by atoms with E-state index in [-0.39, 0.29) is 12.1 Å². The number of rotatable bonds is 9. The number of aliphatic hydroxyl groups is 1. The van der Waals surface area contributed by atoms with Crippen LogP contribution in [0.25, 0.3) is 11.3 Å². The molecule has 0 aromatic carbocycles. The summed E-state index contributed by atoms with van der Waals surface area (Å²) in [6, 6.07) is 8.17. The molecule has 2 aliphatic rings. The Kier molecular flexibility index (Phi) is 9.03. The number of anilines is 2. The molecular formula is C26H36F3N5O2. The standard InChI is InChI=1S/C26H36F3N5O2/c1-17-14-31-25(33-20-7-5-19(6-8-20)30-16-23(35)26(27,28)29)13-21(17)22-3-2-4-24(34-22)32-15-18-9-11-36-12-10-18/h2-4,13-14,18-20,23,30,35H,5-12,15-16H2,1H3,(H,31,33)(H,32,34)/t19?,20?,23-/m1/s1. The minimum Gasteiger partial charge on any atom is -0.382 e. The minimum atomic E-state index is -4.59. The van der Waals surface area contributed by atoms with Crippen molar-refractivity contribution in [2.45, 2.75) is 69.8 Å². The number of ether oxygens (including phenoxy) is 1. The van der Waals surface area contributed by atoms with Gasteiger partial charge in [0.05, 0.1) is 5.69 Å². The molecule has 198 valence electrons. The molecule has 2 aromatic heterocycles. The molecule has 1 aliphatic carbocycles. The zero-order valence-electron chi connectivity index (χ0n) is 20.7. The number of aliphatic hydroxyl groups excluding tert-OH is 1. The van der Waals surface area contributed by atoms with Crippen LogP contribution in [0.4, 0.5) is 24.8 Å². The third kappa shape index (κ3) is 7.54. The quantitative estimate of drug-likeness (QED) is 0.397. The molecule has 3 heterocycles. The maximum absolute atomic E-state index is 12.5. The Morgan fingerprint density at radius 2 is 1.78 bits per heavy atom. The highest BCUT2D eigenvalue weighted by atomic mass is 19.4. The molecule has 1 atom stereocenters. The van der Waals surface area contributed by atoms with Gasteiger partial charge in [-0.15, -0.1) is 0 Å². The molecular weight excluding hydrogens is 471 g/mol. The van der Waals surface area contributed by atoms with Crippen molar-refractivity contribution in [3.63, 3.8) is 0 Å². The van der Waals surface area contributed by atoms with Crippen LogP contribution in [-0.2, 0) is 4.74 Å². The molecule has 4 rings (SSSR count). The van der Waals surface area contributed by atoms with Gasteiger partial charge in [0.1, 0.15) is 11.6 Å². The van der Waals surface area contributed by atoms with Gasteiger partial charge in [-0.1, -0.05) is 6.07 Å². The van der Waals surface area contributed by atoms with Crippen LogP contribution in [0.5, 0.6) is 0 Å². The molecule has 0 spiro atoms. The van der Waals surface area contributed by atoms with Crippen LogP contribution in [0, 0.1) is 12.8 Å². The molecule has 0 radical (unpaired) electrons. The summed E-state index contributed by atoms with van der Waals surface area (Å²) in [5.74, 6) is 2.22. The zero-order valence-corrected chi connectivity index (χ0v) is 20.7. The Morgan fingerprint density at radius 1 is 1.06 bits per heavy atom. The normalized spacial score (nSPS) is 22.2. The van der Waals surface area contributed by atoms with Crippen LogP contribution in [0.2, 0.25) is 0 Å². The van der Waals surface area contributed by atoms with Crippen LogP contribution >= 0.6 is 0 Å². The monoisotopic (exact) mass is 507 g/mol. The van der Waals surface area contributed by atoms with Crippen molar-refractivity contribution in [3.8, 4) is 11.3 Å². The van der Waals surface area contributed by atoms with Gasteiger partial charge in [0.25, 0.3) is 0 Å². The summed E-state index contributed by atoms with van der Waals surface area (Å²) < 4.78 is 43.0. The van der Waals surface area contributed by atoms with Gasteiger partial charge in [0.2, 0.25) is 0 Å². The molecule has 36 heavy (non-hydrogen) atoms. The SMILES string of the molecule is Cc1cnc(NC2CCC(NC[C@@H](O)C(F)(F)F)CC2)cc1-c1cccc(NCC2CCOCC2)n1. The van der Waals surface area contributed by atoms with Gasteiger partial charge in [-0.3, -0.25) is 0 Å². The number of halogens is 3. The maximum Gasteiger partial charge on any atom is 0.415 e. The van der Waals surface area contributed by atoms with Crippen molar-refractivity contribution in [3.05, 3.63) is 36.0 Å². The average Bonchev–Trinajstić information content (AvgIpc) is 2.88. The lowest BCUT2D eigenvalue weighted by Gasteiger charge is -2.31. The summed E-state index contributed by atoms with van der Waals surface area (Å²) in [6.07, 6.45) is 0.170. The average molecular weight is 508 g/mol. The fourth-order valence-electron chi connectivity index (χ4n) is 4.81. The number of nitrogens with zero attached hydrogens (tertiary/aromatic N) is 2. The second kappa shape index (κ2) is 12.2. The van der Waals surface area contributed by atoms with E-state index in [0.717, 1.165) is 86.7 Å². The Balaban J connectivity index is 1.31. The van der Waals surface area contributed by atoms with Crippen LogP contribution < -0.4 is 16.0 Å². The van der Waals surface area contributed by atoms with Gasteiger partial charge < -0.3 is 25.8 Å². The summed E-state index contributed by atoms with van der Waals surface area (Å²) in [4.78, 5) is 9.38. The van der Waals surface area contributed by atoms with E-state index in [1.807, 2.05) is 37.4 Å². The molecule has 1 saturated carbocycles. The van der Waals surface area contributed by atoms with Crippen LogP contribution in [0.15, 0.2) is 30.5 Å². The molecule has 1 saturated heterocycles. The van der Waals surface area contributed by atoms with E-state index in [9.17, 15) is 18.3 Å². The first-order valence-corrected chi connectivity index (χ1v) is 12.8. The Hall–Kier alpha value is -2.43. The Bertz CT molecular complexity index is 976. The van der Waals surface area contributed by atoms with Crippen molar-refractivity contribution in [2.24, 2.45) is 5.92 Å². The number of hydrogen-bond donors (Lipinski definition) is 4. The van der Waals surface area contributed by atoms with Gasteiger partial charge in [-0.05, 0) is 75.1 Å². The molecule has 0 bridgehead atoms. The van der Waals surface area contributed by atoms with E-state index >= 15 is 0 Å². The van der Waals surface area contributed by atoms with E-state index in [4.69, 9.17) is 9.72 Å². The number of alkyl halides is 3. The molecule has 0 unspecified atom stereocenters. The highest BCUT2D eigenvalue weighted by Crippen LogP contribution is 2.28. The number of aryl methyl sites for hydroxylation is 1. The summed E-state index contributed by atoms with van der Waals surface area (Å²) in [5.41, 5.74) is 2.93. The highest BCUT2D eigenvalue weighted by Gasteiger charge is 2.38. The Morgan fingerprint density at radius 3 is 2.50 bits per heavy atom. The number of nitrogens with one attached hydrogen (secondary N) is 3. The predicted molar refractivity (Wildman–Crippen MR) is 134 cm³/mol. The summed E-state index contributed by atoms with van der Waals surface area (Å²) in [5, 5.41) is 19.0. The summed E-state index contributed by atoms with van der Waals surface area (Å²) in [6.45, 7) is 4.08. The highest BCUT2D eigenvalue weighted by molar-refractivity contribution is 5.68. The van der Waals surface area contributed by atoms with Crippen LogP contribution in [0.1, 0.15) is 44.1 Å². The van der Waals surface area contributed by atoms with Crippen molar-refractivity contribution < 1.29 is 23.0 Å². The molecule has 4 N–H and O–H groups in total. The molecule has 2 fully saturated rings. The van der Waals surface area contributed by atoms with Crippen molar-refractivity contribution in [1.29, 1.82) is 0 Å². The largest absolute Gasteiger partial charge is 0.415 e. The summed E-state index contributed by atoms with van der Waals surface area (Å²) >= 11 is 0. The summed E-state index contributed by atoms with van der Waals surface area (Å²) in [7, 11) is 0. The fraction of sp³-hybridized carbons (Fsp3) is 0.615. The van der Waals surface area contributed by atoms with E-state index in [1.165, 1.54) is 0 Å². The smallest absolute Gasteiger partial charge is 0.382 e. The number of hydrogen-bond acceptors (Lipinski definition) is 7. The van der Waals surface area contributed by atoms with Crippen LogP contribution in [0.3, 0.4) is 0 Å². The van der Waals surface area contributed by atoms with Crippen molar-refractivity contribution in [1.82, 2.24) is 15.3 Å². The molecule has 10 heteroatoms. The van der Waals surface area contributed by atoms with Gasteiger partial charge in [0.15, 0.2) is 6.10 Å². The maximum atomic E-state index is 12.5. The fourth-order valence-corrected chi connectivity index (χ4v) is 4.81. The second-order valence-corrected chi connectivity index (χ2v) is 9.89. The van der Waals surface area contributed by atoms with Gasteiger partial charge >= 0.3 is 6.18 Å². The molecule has 0 amide bonds. The second-order valence-electron chi connectivity index (χ2n) is 9.89. The van der Waals surface area contributed by atoms with E-state index in [0.29, 0.717) is 5.92 Å². The molecule has 7 nitrogen and oxygen atoms in total. The molecule has 2 aromatic rings. The van der Waals surface area contributed by atoms with E-state index in [1.54, 1.807) is 0 Å². The number of pyridine rings is 2. The van der Waals surface area contributed by atoms with E-state index < -0.39 is 18.8 Å². The number of aromatic nitrogens is 2. The third-order valence-electron chi connectivity index (χ3n) is 7.10. The Labute approximate surface area is 210 Å². The minimum absolute atomic E-state index is 0.0258. The predicted octanol–water partition coefficient (Wildman–Crippen LogP) is 4.53.